The van der Waals surface area contributed by atoms with E-state index in [1.54, 1.807) is 11.8 Å². The minimum atomic E-state index is -0.129. The van der Waals surface area contributed by atoms with E-state index in [0.29, 0.717) is 5.89 Å². The van der Waals surface area contributed by atoms with Gasteiger partial charge < -0.3 is 9.09 Å². The van der Waals surface area contributed by atoms with Crippen LogP contribution in [0.4, 0.5) is 0 Å². The van der Waals surface area contributed by atoms with Crippen LogP contribution in [-0.2, 0) is 12.0 Å². The number of aryl methyl sites for hydroxylation is 1. The van der Waals surface area contributed by atoms with Crippen LogP contribution in [0.5, 0.6) is 0 Å². The average Bonchev–Trinajstić information content (AvgIpc) is 3.18. The summed E-state index contributed by atoms with van der Waals surface area (Å²) in [5.41, 5.74) is 1.09. The van der Waals surface area contributed by atoms with Crippen molar-refractivity contribution in [3.63, 3.8) is 0 Å². The van der Waals surface area contributed by atoms with Gasteiger partial charge in [0.05, 0.1) is 11.8 Å². The van der Waals surface area contributed by atoms with Crippen LogP contribution in [-0.4, -0.2) is 24.9 Å². The maximum absolute atomic E-state index is 5.45. The molecule has 25 heavy (non-hydrogen) atoms. The fourth-order valence-electron chi connectivity index (χ4n) is 2.31. The molecule has 0 aliphatic carbocycles. The molecule has 0 fully saturated rings. The summed E-state index contributed by atoms with van der Waals surface area (Å²) in [5, 5.41) is 13.5. The molecule has 2 aromatic heterocycles. The molecule has 0 aliphatic rings. The van der Waals surface area contributed by atoms with Crippen LogP contribution >= 0.6 is 11.8 Å². The van der Waals surface area contributed by atoms with Crippen molar-refractivity contribution in [3.05, 3.63) is 53.4 Å². The van der Waals surface area contributed by atoms with E-state index in [4.69, 9.17) is 4.52 Å². The van der Waals surface area contributed by atoms with E-state index in [0.717, 1.165) is 23.4 Å². The number of hydrogen-bond acceptors (Lipinski definition) is 6. The molecular weight excluding hydrogens is 334 g/mol. The van der Waals surface area contributed by atoms with Crippen LogP contribution in [0.2, 0.25) is 0 Å². The van der Waals surface area contributed by atoms with E-state index in [1.807, 2.05) is 32.0 Å². The first kappa shape index (κ1) is 17.7. The van der Waals surface area contributed by atoms with Crippen LogP contribution < -0.4 is 0 Å². The Hall–Kier alpha value is -2.15. The van der Waals surface area contributed by atoms with Gasteiger partial charge in [-0.2, -0.15) is 4.98 Å². The van der Waals surface area contributed by atoms with E-state index < -0.39 is 0 Å². The van der Waals surface area contributed by atoms with Crippen LogP contribution in [0.3, 0.4) is 0 Å². The highest BCUT2D eigenvalue weighted by molar-refractivity contribution is 7.99. The number of rotatable bonds is 5. The third-order valence-corrected chi connectivity index (χ3v) is 4.90. The highest BCUT2D eigenvalue weighted by Gasteiger charge is 2.24. The lowest BCUT2D eigenvalue weighted by Gasteiger charge is -2.12. The molecule has 1 aromatic carbocycles. The summed E-state index contributed by atoms with van der Waals surface area (Å²) in [6, 6.07) is 10.3. The largest absolute Gasteiger partial charge is 0.338 e. The Balaban J connectivity index is 1.78. The number of aromatic nitrogens is 5. The van der Waals surface area contributed by atoms with Crippen molar-refractivity contribution in [2.75, 3.05) is 0 Å². The molecule has 7 heteroatoms. The van der Waals surface area contributed by atoms with Crippen molar-refractivity contribution >= 4 is 11.8 Å². The SMILES string of the molecule is Cc1nnc(SC(C)c2nc(C(C)(C)C)no2)n1Cc1ccccc1. The lowest BCUT2D eigenvalue weighted by molar-refractivity contribution is 0.364. The molecule has 0 aliphatic heterocycles. The highest BCUT2D eigenvalue weighted by atomic mass is 32.2. The molecule has 3 rings (SSSR count). The lowest BCUT2D eigenvalue weighted by Crippen LogP contribution is -2.13. The predicted molar refractivity (Wildman–Crippen MR) is 97.6 cm³/mol. The third-order valence-electron chi connectivity index (χ3n) is 3.83. The van der Waals surface area contributed by atoms with Gasteiger partial charge in [-0.1, -0.05) is 68.0 Å². The summed E-state index contributed by atoms with van der Waals surface area (Å²) < 4.78 is 7.56. The van der Waals surface area contributed by atoms with Crippen molar-refractivity contribution in [3.8, 4) is 0 Å². The first-order valence-corrected chi connectivity index (χ1v) is 9.17. The van der Waals surface area contributed by atoms with Gasteiger partial charge in [0.1, 0.15) is 5.82 Å². The van der Waals surface area contributed by atoms with Crippen molar-refractivity contribution in [2.45, 2.75) is 57.0 Å². The summed E-state index contributed by atoms with van der Waals surface area (Å²) in [6.07, 6.45) is 0. The maximum Gasteiger partial charge on any atom is 0.239 e. The second kappa shape index (κ2) is 7.00. The molecule has 3 aromatic rings. The molecular formula is C18H23N5OS. The van der Waals surface area contributed by atoms with Gasteiger partial charge in [0.25, 0.3) is 0 Å². The maximum atomic E-state index is 5.45. The standard InChI is InChI=1S/C18H23N5OS/c1-12(15-19-16(22-24-15)18(3,4)5)25-17-21-20-13(2)23(17)11-14-9-7-6-8-10-14/h6-10,12H,11H2,1-5H3. The number of nitrogens with zero attached hydrogens (tertiary/aromatic N) is 5. The number of thioether (sulfide) groups is 1. The smallest absolute Gasteiger partial charge is 0.239 e. The fourth-order valence-corrected chi connectivity index (χ4v) is 3.23. The molecule has 0 N–H and O–H groups in total. The molecule has 0 spiro atoms. The molecule has 2 heterocycles. The second-order valence-electron chi connectivity index (χ2n) is 7.07. The van der Waals surface area contributed by atoms with Gasteiger partial charge in [0.2, 0.25) is 5.89 Å². The van der Waals surface area contributed by atoms with Crippen molar-refractivity contribution < 1.29 is 4.52 Å². The van der Waals surface area contributed by atoms with Gasteiger partial charge in [0, 0.05) is 5.41 Å². The Morgan fingerprint density at radius 3 is 2.52 bits per heavy atom. The van der Waals surface area contributed by atoms with E-state index in [2.05, 4.69) is 57.8 Å². The van der Waals surface area contributed by atoms with Crippen molar-refractivity contribution in [1.82, 2.24) is 24.9 Å². The first-order chi connectivity index (χ1) is 11.8. The van der Waals surface area contributed by atoms with Gasteiger partial charge in [0.15, 0.2) is 11.0 Å². The Kier molecular flexibility index (Phi) is 4.94. The summed E-state index contributed by atoms with van der Waals surface area (Å²) in [6.45, 7) is 11.0. The van der Waals surface area contributed by atoms with Crippen LogP contribution in [0.15, 0.2) is 40.0 Å². The lowest BCUT2D eigenvalue weighted by atomic mass is 9.96. The third kappa shape index (κ3) is 4.10. The van der Waals surface area contributed by atoms with E-state index >= 15 is 0 Å². The Morgan fingerprint density at radius 1 is 1.16 bits per heavy atom. The topological polar surface area (TPSA) is 69.6 Å². The van der Waals surface area contributed by atoms with Gasteiger partial charge >= 0.3 is 0 Å². The molecule has 132 valence electrons. The summed E-state index contributed by atoms with van der Waals surface area (Å²) in [7, 11) is 0. The number of benzene rings is 1. The normalized spacial score (nSPS) is 13.2. The first-order valence-electron chi connectivity index (χ1n) is 8.29. The summed E-state index contributed by atoms with van der Waals surface area (Å²) in [5.74, 6) is 2.22. The van der Waals surface area contributed by atoms with E-state index in [-0.39, 0.29) is 10.7 Å². The summed E-state index contributed by atoms with van der Waals surface area (Å²) in [4.78, 5) is 4.54. The van der Waals surface area contributed by atoms with Gasteiger partial charge in [-0.15, -0.1) is 10.2 Å². The van der Waals surface area contributed by atoms with Gasteiger partial charge in [-0.05, 0) is 19.4 Å². The Labute approximate surface area is 152 Å². The predicted octanol–water partition coefficient (Wildman–Crippen LogP) is 4.17. The van der Waals surface area contributed by atoms with Crippen molar-refractivity contribution in [2.24, 2.45) is 0 Å². The molecule has 1 unspecified atom stereocenters. The Bertz CT molecular complexity index is 835. The molecule has 0 saturated heterocycles. The monoisotopic (exact) mass is 357 g/mol. The summed E-state index contributed by atoms with van der Waals surface area (Å²) >= 11 is 1.58. The molecule has 0 radical (unpaired) electrons. The fraction of sp³-hybridized carbons (Fsp3) is 0.444. The highest BCUT2D eigenvalue weighted by Crippen LogP contribution is 2.34. The minimum Gasteiger partial charge on any atom is -0.338 e. The average molecular weight is 357 g/mol. The molecule has 0 saturated carbocycles. The van der Waals surface area contributed by atoms with E-state index in [9.17, 15) is 0 Å². The molecule has 0 amide bonds. The molecule has 1 atom stereocenters. The van der Waals surface area contributed by atoms with Gasteiger partial charge in [-0.25, -0.2) is 0 Å². The number of hydrogen-bond donors (Lipinski definition) is 0. The quantitative estimate of drug-likeness (QED) is 0.638. The Morgan fingerprint density at radius 2 is 1.88 bits per heavy atom. The van der Waals surface area contributed by atoms with Gasteiger partial charge in [-0.3, -0.25) is 0 Å². The molecule has 0 bridgehead atoms. The van der Waals surface area contributed by atoms with Crippen molar-refractivity contribution in [1.29, 1.82) is 0 Å². The molecule has 6 nitrogen and oxygen atoms in total. The van der Waals surface area contributed by atoms with E-state index in [1.165, 1.54) is 5.56 Å². The van der Waals surface area contributed by atoms with Crippen LogP contribution in [0, 0.1) is 6.92 Å². The van der Waals surface area contributed by atoms with Crippen LogP contribution in [0.25, 0.3) is 0 Å². The zero-order valence-corrected chi connectivity index (χ0v) is 16.0. The zero-order chi connectivity index (χ0) is 18.0. The van der Waals surface area contributed by atoms with Crippen LogP contribution in [0.1, 0.15) is 56.0 Å². The minimum absolute atomic E-state index is 0.00160. The second-order valence-corrected chi connectivity index (χ2v) is 8.38. The zero-order valence-electron chi connectivity index (χ0n) is 15.2.